The van der Waals surface area contributed by atoms with Crippen molar-refractivity contribution in [3.05, 3.63) is 54.1 Å². The predicted octanol–water partition coefficient (Wildman–Crippen LogP) is 10.6. The molecule has 1 aromatic carbocycles. The Balaban J connectivity index is 1.63. The number of benzene rings is 1. The SMILES string of the molecule is CCCCCCCCCCCCCCCC[n+]1ccn(CCCCCCCCC)c1Cc1ccccc1. The molecule has 0 aliphatic rings. The first-order chi connectivity index (χ1) is 18.3. The molecular weight excluding hydrogens is 448 g/mol. The van der Waals surface area contributed by atoms with E-state index in [1.165, 1.54) is 159 Å². The molecule has 1 aromatic heterocycles. The highest BCUT2D eigenvalue weighted by atomic mass is 15.1. The lowest BCUT2D eigenvalue weighted by Crippen LogP contribution is -2.37. The molecule has 0 bridgehead atoms. The zero-order valence-electron chi connectivity index (χ0n) is 24.9. The minimum absolute atomic E-state index is 1.04. The van der Waals surface area contributed by atoms with Crippen molar-refractivity contribution in [2.45, 2.75) is 168 Å². The Morgan fingerprint density at radius 2 is 1.00 bits per heavy atom. The predicted molar refractivity (Wildman–Crippen MR) is 162 cm³/mol. The maximum absolute atomic E-state index is 2.55. The Labute approximate surface area is 231 Å². The van der Waals surface area contributed by atoms with Crippen LogP contribution in [-0.4, -0.2) is 4.57 Å². The molecule has 0 N–H and O–H groups in total. The molecule has 2 nitrogen and oxygen atoms in total. The maximum Gasteiger partial charge on any atom is 0.260 e. The van der Waals surface area contributed by atoms with Gasteiger partial charge in [-0.3, -0.25) is 0 Å². The number of imidazole rings is 1. The van der Waals surface area contributed by atoms with Crippen LogP contribution >= 0.6 is 0 Å². The molecular formula is C35H61N2+. The number of nitrogens with zero attached hydrogens (tertiary/aromatic N) is 2. The monoisotopic (exact) mass is 509 g/mol. The lowest BCUT2D eigenvalue weighted by Gasteiger charge is -2.07. The lowest BCUT2D eigenvalue weighted by molar-refractivity contribution is -0.703. The topological polar surface area (TPSA) is 8.81 Å². The molecule has 2 heteroatoms. The summed E-state index contributed by atoms with van der Waals surface area (Å²) < 4.78 is 5.09. The third kappa shape index (κ3) is 15.4. The van der Waals surface area contributed by atoms with E-state index in [4.69, 9.17) is 0 Å². The van der Waals surface area contributed by atoms with Gasteiger partial charge in [0.15, 0.2) is 0 Å². The van der Waals surface area contributed by atoms with E-state index in [0.717, 1.165) is 6.42 Å². The Morgan fingerprint density at radius 1 is 0.541 bits per heavy atom. The van der Waals surface area contributed by atoms with Crippen LogP contribution in [0.4, 0.5) is 0 Å². The molecule has 0 spiro atoms. The molecule has 0 atom stereocenters. The summed E-state index contributed by atoms with van der Waals surface area (Å²) in [6.07, 6.45) is 35.3. The molecule has 2 aromatic rings. The number of aryl methyl sites for hydroxylation is 2. The van der Waals surface area contributed by atoms with Crippen molar-refractivity contribution in [3.63, 3.8) is 0 Å². The van der Waals surface area contributed by atoms with Crippen molar-refractivity contribution in [2.24, 2.45) is 0 Å². The molecule has 37 heavy (non-hydrogen) atoms. The van der Waals surface area contributed by atoms with Crippen LogP contribution in [0.25, 0.3) is 0 Å². The quantitative estimate of drug-likeness (QED) is 0.0929. The van der Waals surface area contributed by atoms with Crippen molar-refractivity contribution in [2.75, 3.05) is 0 Å². The minimum Gasteiger partial charge on any atom is -0.234 e. The molecule has 0 unspecified atom stereocenters. The van der Waals surface area contributed by atoms with Gasteiger partial charge in [-0.1, -0.05) is 153 Å². The van der Waals surface area contributed by atoms with Crippen LogP contribution in [0.1, 0.15) is 160 Å². The van der Waals surface area contributed by atoms with Gasteiger partial charge < -0.3 is 0 Å². The van der Waals surface area contributed by atoms with Crippen LogP contribution in [0.2, 0.25) is 0 Å². The van der Waals surface area contributed by atoms with Crippen molar-refractivity contribution >= 4 is 0 Å². The van der Waals surface area contributed by atoms with E-state index in [9.17, 15) is 0 Å². The molecule has 0 saturated heterocycles. The van der Waals surface area contributed by atoms with Crippen LogP contribution in [0.15, 0.2) is 42.7 Å². The first kappa shape index (κ1) is 31.6. The summed E-state index contributed by atoms with van der Waals surface area (Å²) in [5.41, 5.74) is 1.43. The molecule has 0 aliphatic carbocycles. The Hall–Kier alpha value is -1.57. The van der Waals surface area contributed by atoms with Crippen LogP contribution in [0, 0.1) is 0 Å². The van der Waals surface area contributed by atoms with Gasteiger partial charge in [0.1, 0.15) is 12.4 Å². The summed E-state index contributed by atoms with van der Waals surface area (Å²) in [5.74, 6) is 1.49. The fourth-order valence-corrected chi connectivity index (χ4v) is 5.60. The molecule has 210 valence electrons. The first-order valence-corrected chi connectivity index (χ1v) is 16.5. The van der Waals surface area contributed by atoms with Gasteiger partial charge in [-0.05, 0) is 31.2 Å². The van der Waals surface area contributed by atoms with Crippen LogP contribution in [-0.2, 0) is 19.5 Å². The van der Waals surface area contributed by atoms with E-state index in [1.807, 2.05) is 0 Å². The molecule has 0 aliphatic heterocycles. The Morgan fingerprint density at radius 3 is 1.51 bits per heavy atom. The van der Waals surface area contributed by atoms with E-state index in [2.05, 4.69) is 65.7 Å². The van der Waals surface area contributed by atoms with E-state index < -0.39 is 0 Å². The van der Waals surface area contributed by atoms with Gasteiger partial charge in [0, 0.05) is 0 Å². The largest absolute Gasteiger partial charge is 0.260 e. The minimum atomic E-state index is 1.04. The highest BCUT2D eigenvalue weighted by Gasteiger charge is 2.17. The summed E-state index contributed by atoms with van der Waals surface area (Å²) in [6.45, 7) is 6.94. The summed E-state index contributed by atoms with van der Waals surface area (Å²) >= 11 is 0. The van der Waals surface area contributed by atoms with Gasteiger partial charge in [-0.2, -0.15) is 0 Å². The standard InChI is InChI=1S/C35H61N2/c1-3-5-7-9-11-12-13-14-15-16-17-19-21-26-30-37-32-31-36(29-25-20-18-10-8-6-4-2)35(37)33-34-27-23-22-24-28-34/h22-24,27-28,31-32H,3-21,25-26,29-30,33H2,1-2H3/q+1. The second-order valence-corrected chi connectivity index (χ2v) is 11.5. The second kappa shape index (κ2) is 22.4. The average Bonchev–Trinajstić information content (AvgIpc) is 3.29. The highest BCUT2D eigenvalue weighted by Crippen LogP contribution is 2.14. The summed E-state index contributed by atoms with van der Waals surface area (Å²) in [5, 5.41) is 0. The molecule has 0 radical (unpaired) electrons. The number of rotatable bonds is 25. The van der Waals surface area contributed by atoms with Gasteiger partial charge >= 0.3 is 0 Å². The first-order valence-electron chi connectivity index (χ1n) is 16.5. The molecule has 0 amide bonds. The highest BCUT2D eigenvalue weighted by molar-refractivity contribution is 5.18. The van der Waals surface area contributed by atoms with Crippen LogP contribution < -0.4 is 4.57 Å². The molecule has 1 heterocycles. The number of hydrogen-bond acceptors (Lipinski definition) is 0. The van der Waals surface area contributed by atoms with Crippen molar-refractivity contribution in [3.8, 4) is 0 Å². The van der Waals surface area contributed by atoms with Gasteiger partial charge in [0.2, 0.25) is 0 Å². The summed E-state index contributed by atoms with van der Waals surface area (Å²) in [7, 11) is 0. The summed E-state index contributed by atoms with van der Waals surface area (Å²) in [6, 6.07) is 11.0. The summed E-state index contributed by atoms with van der Waals surface area (Å²) in [4.78, 5) is 0. The Bertz CT molecular complexity index is 748. The molecule has 0 saturated carbocycles. The van der Waals surface area contributed by atoms with Crippen molar-refractivity contribution in [1.29, 1.82) is 0 Å². The zero-order chi connectivity index (χ0) is 26.2. The fraction of sp³-hybridized carbons (Fsp3) is 0.743. The van der Waals surface area contributed by atoms with Crippen LogP contribution in [0.3, 0.4) is 0 Å². The average molecular weight is 510 g/mol. The number of unbranched alkanes of at least 4 members (excludes halogenated alkanes) is 19. The van der Waals surface area contributed by atoms with E-state index in [1.54, 1.807) is 0 Å². The Kier molecular flexibility index (Phi) is 19.2. The van der Waals surface area contributed by atoms with Gasteiger partial charge in [0.05, 0.1) is 19.5 Å². The van der Waals surface area contributed by atoms with Crippen LogP contribution in [0.5, 0.6) is 0 Å². The molecule has 0 fully saturated rings. The van der Waals surface area contributed by atoms with E-state index in [-0.39, 0.29) is 0 Å². The third-order valence-electron chi connectivity index (χ3n) is 8.05. The van der Waals surface area contributed by atoms with E-state index >= 15 is 0 Å². The maximum atomic E-state index is 2.55. The number of hydrogen-bond donors (Lipinski definition) is 0. The van der Waals surface area contributed by atoms with Gasteiger partial charge in [-0.25, -0.2) is 9.13 Å². The van der Waals surface area contributed by atoms with Gasteiger partial charge in [-0.15, -0.1) is 0 Å². The third-order valence-corrected chi connectivity index (χ3v) is 8.05. The normalized spacial score (nSPS) is 11.4. The molecule has 2 rings (SSSR count). The van der Waals surface area contributed by atoms with E-state index in [0.29, 0.717) is 0 Å². The second-order valence-electron chi connectivity index (χ2n) is 11.5. The zero-order valence-corrected chi connectivity index (χ0v) is 24.9. The van der Waals surface area contributed by atoms with Gasteiger partial charge in [0.25, 0.3) is 5.82 Å². The number of aromatic nitrogens is 2. The van der Waals surface area contributed by atoms with Crippen molar-refractivity contribution < 1.29 is 4.57 Å². The lowest BCUT2D eigenvalue weighted by atomic mass is 10.0. The van der Waals surface area contributed by atoms with Crippen molar-refractivity contribution in [1.82, 2.24) is 4.57 Å². The fourth-order valence-electron chi connectivity index (χ4n) is 5.60. The smallest absolute Gasteiger partial charge is 0.234 e.